The third-order valence-electron chi connectivity index (χ3n) is 5.95. The number of hydrogen-bond donors (Lipinski definition) is 3. The number of anilines is 1. The zero-order valence-electron chi connectivity index (χ0n) is 19.2. The van der Waals surface area contributed by atoms with E-state index in [1.165, 1.54) is 12.2 Å². The van der Waals surface area contributed by atoms with Crippen LogP contribution in [0.5, 0.6) is 0 Å². The van der Waals surface area contributed by atoms with Crippen LogP contribution in [-0.4, -0.2) is 102 Å². The third kappa shape index (κ3) is 5.41. The van der Waals surface area contributed by atoms with E-state index in [4.69, 9.17) is 20.6 Å². The van der Waals surface area contributed by atoms with Gasteiger partial charge in [0.2, 0.25) is 5.78 Å². The van der Waals surface area contributed by atoms with E-state index in [-0.39, 0.29) is 30.5 Å². The summed E-state index contributed by atoms with van der Waals surface area (Å²) in [5.74, 6) is 0.411. The van der Waals surface area contributed by atoms with Gasteiger partial charge in [-0.25, -0.2) is 9.51 Å². The van der Waals surface area contributed by atoms with Crippen molar-refractivity contribution in [2.75, 3.05) is 71.9 Å². The number of pyridine rings is 1. The Morgan fingerprint density at radius 2 is 2.06 bits per heavy atom. The number of likely N-dealkylation sites (N-methyl/N-ethyl adjacent to an activating group) is 1. The first-order valence-corrected chi connectivity index (χ1v) is 11.2. The molecule has 4 N–H and O–H groups in total. The van der Waals surface area contributed by atoms with Crippen LogP contribution in [0.4, 0.5) is 11.5 Å². The third-order valence-corrected chi connectivity index (χ3v) is 5.95. The average Bonchev–Trinajstić information content (AvgIpc) is 3.13. The van der Waals surface area contributed by atoms with E-state index in [1.54, 1.807) is 4.52 Å². The minimum atomic E-state index is -0.346. The Labute approximate surface area is 193 Å². The molecule has 2 aliphatic rings. The number of carbonyl (C=O) groups is 1. The van der Waals surface area contributed by atoms with Gasteiger partial charge >= 0.3 is 0 Å². The maximum absolute atomic E-state index is 12.1. The van der Waals surface area contributed by atoms with Crippen LogP contribution in [0.15, 0.2) is 53.0 Å². The summed E-state index contributed by atoms with van der Waals surface area (Å²) >= 11 is 0. The van der Waals surface area contributed by atoms with Gasteiger partial charge in [0.25, 0.3) is 0 Å². The number of nitrogens with one attached hydrogen (secondary N) is 1. The topological polar surface area (TPSA) is 117 Å². The summed E-state index contributed by atoms with van der Waals surface area (Å²) in [4.78, 5) is 19.4. The molecule has 0 unspecified atom stereocenters. The molecule has 1 saturated heterocycles. The van der Waals surface area contributed by atoms with Crippen LogP contribution in [0.3, 0.4) is 0 Å². The van der Waals surface area contributed by atoms with Gasteiger partial charge in [-0.15, -0.1) is 5.10 Å². The fraction of sp³-hybridized carbons (Fsp3) is 0.435. The summed E-state index contributed by atoms with van der Waals surface area (Å²) in [5, 5.41) is 17.1. The minimum absolute atomic E-state index is 0.0225. The Kier molecular flexibility index (Phi) is 6.77. The van der Waals surface area contributed by atoms with Crippen molar-refractivity contribution in [3.8, 4) is 0 Å². The fourth-order valence-corrected chi connectivity index (χ4v) is 3.87. The summed E-state index contributed by atoms with van der Waals surface area (Å²) in [6.45, 7) is 5.92. The molecule has 10 heteroatoms. The van der Waals surface area contributed by atoms with Crippen LogP contribution in [0.1, 0.15) is 0 Å². The minimum Gasteiger partial charge on any atom is -0.487 e. The molecule has 2 aromatic rings. The molecule has 3 heterocycles. The van der Waals surface area contributed by atoms with Gasteiger partial charge in [0, 0.05) is 44.5 Å². The molecule has 0 amide bonds. The van der Waals surface area contributed by atoms with Crippen molar-refractivity contribution in [2.24, 2.45) is 10.7 Å². The molecule has 4 rings (SSSR count). The van der Waals surface area contributed by atoms with E-state index < -0.39 is 0 Å². The van der Waals surface area contributed by atoms with Gasteiger partial charge in [0.05, 0.1) is 50.7 Å². The number of fused-ring (bicyclic) bond motifs is 1. The van der Waals surface area contributed by atoms with Gasteiger partial charge in [-0.2, -0.15) is 0 Å². The fourth-order valence-electron chi connectivity index (χ4n) is 3.87. The maximum Gasteiger partial charge on any atom is 0.222 e. The van der Waals surface area contributed by atoms with E-state index in [0.717, 1.165) is 49.3 Å². The number of ketones is 1. The Balaban J connectivity index is 1.56. The second kappa shape index (κ2) is 9.74. The van der Waals surface area contributed by atoms with Crippen molar-refractivity contribution in [2.45, 2.75) is 0 Å². The highest BCUT2D eigenvalue weighted by molar-refractivity contribution is 6.21. The Morgan fingerprint density at radius 3 is 2.82 bits per heavy atom. The normalized spacial score (nSPS) is 20.1. The lowest BCUT2D eigenvalue weighted by atomic mass is 10.1. The highest BCUT2D eigenvalue weighted by atomic mass is 16.5. The molecule has 2 aromatic heterocycles. The number of aliphatic hydroxyl groups is 1. The highest BCUT2D eigenvalue weighted by Gasteiger charge is 2.24. The SMILES string of the molecule is C[N+]1(C)CCN(CCNc2nn3ccccc3c2/N=C2\C=C(OCCO)C(=O)C=C2N)CC1. The second-order valence-electron chi connectivity index (χ2n) is 8.92. The quantitative estimate of drug-likeness (QED) is 0.393. The van der Waals surface area contributed by atoms with Gasteiger partial charge in [0.15, 0.2) is 11.6 Å². The van der Waals surface area contributed by atoms with Crippen molar-refractivity contribution >= 4 is 28.5 Å². The van der Waals surface area contributed by atoms with Crippen LogP contribution in [0.2, 0.25) is 0 Å². The monoisotopic (exact) mass is 454 g/mol. The average molecular weight is 455 g/mol. The summed E-state index contributed by atoms with van der Waals surface area (Å²) in [5.41, 5.74) is 8.23. The van der Waals surface area contributed by atoms with Gasteiger partial charge in [-0.1, -0.05) is 6.07 Å². The van der Waals surface area contributed by atoms with Crippen LogP contribution in [-0.2, 0) is 9.53 Å². The number of quaternary nitrogens is 1. The predicted molar refractivity (Wildman–Crippen MR) is 127 cm³/mol. The summed E-state index contributed by atoms with van der Waals surface area (Å²) in [7, 11) is 4.54. The molecule has 0 spiro atoms. The summed E-state index contributed by atoms with van der Waals surface area (Å²) in [6.07, 6.45) is 4.67. The predicted octanol–water partition coefficient (Wildman–Crippen LogP) is 0.529. The zero-order valence-corrected chi connectivity index (χ0v) is 19.2. The second-order valence-corrected chi connectivity index (χ2v) is 8.92. The number of allylic oxidation sites excluding steroid dienone is 2. The molecular weight excluding hydrogens is 422 g/mol. The standard InChI is InChI=1S/C23H31N7O3/c1-30(2)11-9-28(10-12-30)8-6-25-23-22(19-5-3-4-7-29(19)27-23)26-18-16-21(33-14-13-31)20(32)15-17(18)24/h3-5,7,15-16,31H,6,8-14H2,1-2H3,(H2-,24,25,27,32)/p+1/b26-18+. The number of piperazine rings is 1. The molecule has 1 aliphatic carbocycles. The zero-order chi connectivity index (χ0) is 23.4. The first-order chi connectivity index (χ1) is 15.9. The summed E-state index contributed by atoms with van der Waals surface area (Å²) < 4.78 is 8.17. The van der Waals surface area contributed by atoms with Crippen LogP contribution in [0.25, 0.3) is 5.52 Å². The Morgan fingerprint density at radius 1 is 1.27 bits per heavy atom. The number of aliphatic hydroxyl groups excluding tert-OH is 1. The van der Waals surface area contributed by atoms with Gasteiger partial charge in [-0.3, -0.25) is 9.69 Å². The van der Waals surface area contributed by atoms with Crippen molar-refractivity contribution < 1.29 is 19.1 Å². The number of nitrogens with two attached hydrogens (primary N) is 1. The Hall–Kier alpha value is -3.21. The largest absolute Gasteiger partial charge is 0.487 e. The molecule has 0 bridgehead atoms. The van der Waals surface area contributed by atoms with E-state index in [0.29, 0.717) is 17.2 Å². The van der Waals surface area contributed by atoms with Crippen molar-refractivity contribution in [3.05, 3.63) is 48.0 Å². The number of rotatable bonds is 8. The van der Waals surface area contributed by atoms with Gasteiger partial charge in [-0.05, 0) is 12.1 Å². The molecule has 1 aliphatic heterocycles. The Bertz CT molecular complexity index is 1110. The van der Waals surface area contributed by atoms with E-state index in [2.05, 4.69) is 29.4 Å². The lowest BCUT2D eigenvalue weighted by Crippen LogP contribution is -2.55. The molecule has 0 aromatic carbocycles. The first kappa shape index (κ1) is 23.0. The lowest BCUT2D eigenvalue weighted by molar-refractivity contribution is -0.894. The number of aromatic nitrogens is 2. The van der Waals surface area contributed by atoms with E-state index in [1.807, 2.05) is 24.4 Å². The van der Waals surface area contributed by atoms with E-state index >= 15 is 0 Å². The van der Waals surface area contributed by atoms with Crippen LogP contribution >= 0.6 is 0 Å². The number of nitrogens with zero attached hydrogens (tertiary/aromatic N) is 5. The van der Waals surface area contributed by atoms with Crippen LogP contribution < -0.4 is 11.1 Å². The maximum atomic E-state index is 12.1. The number of ether oxygens (including phenoxy) is 1. The van der Waals surface area contributed by atoms with Crippen LogP contribution in [0, 0.1) is 0 Å². The van der Waals surface area contributed by atoms with Crippen molar-refractivity contribution in [1.29, 1.82) is 0 Å². The molecular formula is C23H32N7O3+. The summed E-state index contributed by atoms with van der Waals surface area (Å²) in [6, 6.07) is 5.76. The van der Waals surface area contributed by atoms with Crippen molar-refractivity contribution in [1.82, 2.24) is 14.5 Å². The molecule has 176 valence electrons. The number of aliphatic imine (C=N–C) groups is 1. The molecule has 0 radical (unpaired) electrons. The number of carbonyl (C=O) groups excluding carboxylic acids is 1. The van der Waals surface area contributed by atoms with Crippen molar-refractivity contribution in [3.63, 3.8) is 0 Å². The smallest absolute Gasteiger partial charge is 0.222 e. The first-order valence-electron chi connectivity index (χ1n) is 11.2. The van der Waals surface area contributed by atoms with Gasteiger partial charge < -0.3 is 25.4 Å². The lowest BCUT2D eigenvalue weighted by Gasteiger charge is -2.39. The molecule has 0 saturated carbocycles. The molecule has 0 atom stereocenters. The van der Waals surface area contributed by atoms with E-state index in [9.17, 15) is 4.79 Å². The number of hydrogen-bond acceptors (Lipinski definition) is 8. The van der Waals surface area contributed by atoms with Gasteiger partial charge in [0.1, 0.15) is 12.3 Å². The highest BCUT2D eigenvalue weighted by Crippen LogP contribution is 2.31. The molecule has 1 fully saturated rings. The molecule has 10 nitrogen and oxygen atoms in total. The molecule has 33 heavy (non-hydrogen) atoms.